The van der Waals surface area contributed by atoms with E-state index in [-0.39, 0.29) is 0 Å². The Morgan fingerprint density at radius 1 is 0.923 bits per heavy atom. The van der Waals surface area contributed by atoms with Gasteiger partial charge >= 0.3 is 21.9 Å². The first-order chi connectivity index (χ1) is 5.41. The van der Waals surface area contributed by atoms with Crippen LogP contribution in [-0.4, -0.2) is 25.9 Å². The van der Waals surface area contributed by atoms with E-state index in [4.69, 9.17) is 19.6 Å². The molecular weight excluding hydrogens is 240 g/mol. The Labute approximate surface area is 69.6 Å². The Kier molecular flexibility index (Phi) is 3.70. The number of phosphoric acid groups is 2. The van der Waals surface area contributed by atoms with Gasteiger partial charge in [-0.1, -0.05) is 0 Å². The predicted octanol–water partition coefficient (Wildman–Crippen LogP) is -0.245. The van der Waals surface area contributed by atoms with E-state index in [1.807, 2.05) is 0 Å². The average molecular weight is 244 g/mol. The summed E-state index contributed by atoms with van der Waals surface area (Å²) in [7, 11) is -11.2. The van der Waals surface area contributed by atoms with Gasteiger partial charge in [0.05, 0.1) is 0 Å². The van der Waals surface area contributed by atoms with Gasteiger partial charge in [-0.15, -0.1) is 8.78 Å². The smallest absolute Gasteiger partial charge is 0.302 e. The second-order valence-electron chi connectivity index (χ2n) is 1.63. The lowest BCUT2D eigenvalue weighted by Crippen LogP contribution is -2.22. The van der Waals surface area contributed by atoms with Gasteiger partial charge in [0, 0.05) is 0 Å². The lowest BCUT2D eigenvalue weighted by atomic mass is 11.3. The number of halogens is 2. The maximum absolute atomic E-state index is 12.0. The van der Waals surface area contributed by atoms with Crippen LogP contribution in [0.4, 0.5) is 8.78 Å². The van der Waals surface area contributed by atoms with Crippen molar-refractivity contribution in [2.75, 3.05) is 0 Å². The van der Waals surface area contributed by atoms with Gasteiger partial charge in [0.15, 0.2) is 0 Å². The highest BCUT2D eigenvalue weighted by molar-refractivity contribution is 7.47. The molecule has 0 aromatic rings. The molecule has 0 bridgehead atoms. The monoisotopic (exact) mass is 244 g/mol. The van der Waals surface area contributed by atoms with Crippen molar-refractivity contribution in [2.24, 2.45) is 0 Å². The van der Waals surface area contributed by atoms with E-state index in [1.54, 1.807) is 0 Å². The van der Waals surface area contributed by atoms with Crippen LogP contribution in [0.1, 0.15) is 0 Å². The van der Waals surface area contributed by atoms with Crippen LogP contribution in [0.15, 0.2) is 0 Å². The summed E-state index contributed by atoms with van der Waals surface area (Å²) in [6.45, 7) is 0. The molecule has 0 rings (SSSR count). The van der Waals surface area contributed by atoms with E-state index in [9.17, 15) is 17.9 Å². The molecule has 0 aromatic carbocycles. The molecule has 0 aliphatic heterocycles. The predicted molar refractivity (Wildman–Crippen MR) is 31.2 cm³/mol. The molecule has 0 aliphatic rings. The standard InChI is InChI=1S/CH4F2O8P2/c2-1(3,10-12(4,5)6)11-13(7,8)9/h(H2,4,5,6)(H2,7,8,9). The lowest BCUT2D eigenvalue weighted by molar-refractivity contribution is -0.320. The van der Waals surface area contributed by atoms with E-state index in [0.717, 1.165) is 0 Å². The van der Waals surface area contributed by atoms with E-state index >= 15 is 0 Å². The third kappa shape index (κ3) is 8.41. The van der Waals surface area contributed by atoms with Crippen molar-refractivity contribution >= 4 is 15.6 Å². The first-order valence-corrected chi connectivity index (χ1v) is 5.38. The molecule has 0 saturated carbocycles. The second kappa shape index (κ2) is 3.68. The molecule has 80 valence electrons. The minimum Gasteiger partial charge on any atom is -0.302 e. The number of alkyl halides is 2. The molecule has 0 amide bonds. The molecule has 12 heteroatoms. The van der Waals surface area contributed by atoms with Crippen LogP contribution in [0.2, 0.25) is 0 Å². The third-order valence-corrected chi connectivity index (χ3v) is 1.35. The van der Waals surface area contributed by atoms with Crippen molar-refractivity contribution in [2.45, 2.75) is 6.29 Å². The number of phosphoric ester groups is 2. The molecule has 0 fully saturated rings. The molecule has 13 heavy (non-hydrogen) atoms. The van der Waals surface area contributed by atoms with Crippen molar-refractivity contribution in [3.63, 3.8) is 0 Å². The van der Waals surface area contributed by atoms with Gasteiger partial charge in [0.25, 0.3) is 0 Å². The molecule has 4 N–H and O–H groups in total. The number of hydrogen-bond donors (Lipinski definition) is 4. The fourth-order valence-electron chi connectivity index (χ4n) is 0.294. The topological polar surface area (TPSA) is 134 Å². The van der Waals surface area contributed by atoms with Crippen LogP contribution in [0, 0.1) is 0 Å². The molecule has 0 aromatic heterocycles. The van der Waals surface area contributed by atoms with Crippen LogP contribution in [0.25, 0.3) is 0 Å². The van der Waals surface area contributed by atoms with Crippen LogP contribution in [0.5, 0.6) is 0 Å². The van der Waals surface area contributed by atoms with Crippen LogP contribution in [0.3, 0.4) is 0 Å². The fraction of sp³-hybridized carbons (Fsp3) is 1.00. The summed E-state index contributed by atoms with van der Waals surface area (Å²) in [6.07, 6.45) is -5.06. The molecule has 0 spiro atoms. The summed E-state index contributed by atoms with van der Waals surface area (Å²) in [5, 5.41) is 0. The highest BCUT2D eigenvalue weighted by Gasteiger charge is 2.46. The van der Waals surface area contributed by atoms with Crippen molar-refractivity contribution in [3.05, 3.63) is 0 Å². The van der Waals surface area contributed by atoms with Gasteiger partial charge < -0.3 is 19.6 Å². The highest BCUT2D eigenvalue weighted by Crippen LogP contribution is 2.50. The molecule has 0 unspecified atom stereocenters. The quantitative estimate of drug-likeness (QED) is 0.393. The Morgan fingerprint density at radius 3 is 1.31 bits per heavy atom. The molecule has 0 atom stereocenters. The van der Waals surface area contributed by atoms with Crippen molar-refractivity contribution in [1.29, 1.82) is 0 Å². The fourth-order valence-corrected chi connectivity index (χ4v) is 0.981. The zero-order valence-electron chi connectivity index (χ0n) is 5.57. The minimum atomic E-state index is -5.59. The van der Waals surface area contributed by atoms with Crippen molar-refractivity contribution < 1.29 is 46.5 Å². The van der Waals surface area contributed by atoms with E-state index in [1.165, 1.54) is 0 Å². The maximum atomic E-state index is 12.0. The normalized spacial score (nSPS) is 14.6. The summed E-state index contributed by atoms with van der Waals surface area (Å²) in [6, 6.07) is 0. The molecule has 0 saturated heterocycles. The van der Waals surface area contributed by atoms with Gasteiger partial charge in [-0.05, 0) is 0 Å². The van der Waals surface area contributed by atoms with E-state index < -0.39 is 21.9 Å². The Morgan fingerprint density at radius 2 is 1.15 bits per heavy atom. The van der Waals surface area contributed by atoms with E-state index in [2.05, 4.69) is 9.05 Å². The van der Waals surface area contributed by atoms with Crippen molar-refractivity contribution in [3.8, 4) is 0 Å². The summed E-state index contributed by atoms with van der Waals surface area (Å²) in [5.74, 6) is 0. The Hall–Kier alpha value is 0.0800. The SMILES string of the molecule is O=P(O)(O)OC(F)(F)OP(=O)(O)O. The van der Waals surface area contributed by atoms with Gasteiger partial charge in [-0.3, -0.25) is 0 Å². The third-order valence-electron chi connectivity index (χ3n) is 0.450. The summed E-state index contributed by atoms with van der Waals surface area (Å²) in [4.78, 5) is 31.3. The van der Waals surface area contributed by atoms with Crippen molar-refractivity contribution in [1.82, 2.24) is 0 Å². The zero-order chi connectivity index (χ0) is 10.9. The lowest BCUT2D eigenvalue weighted by Gasteiger charge is -2.16. The largest absolute Gasteiger partial charge is 0.503 e. The summed E-state index contributed by atoms with van der Waals surface area (Å²) < 4.78 is 48.8. The Bertz CT molecular complexity index is 235. The zero-order valence-corrected chi connectivity index (χ0v) is 7.36. The molecular formula is CH4F2O8P2. The van der Waals surface area contributed by atoms with Gasteiger partial charge in [-0.25, -0.2) is 9.13 Å². The number of hydrogen-bond acceptors (Lipinski definition) is 4. The summed E-state index contributed by atoms with van der Waals surface area (Å²) >= 11 is 0. The van der Waals surface area contributed by atoms with Crippen LogP contribution < -0.4 is 0 Å². The van der Waals surface area contributed by atoms with Gasteiger partial charge in [-0.2, -0.15) is 9.05 Å². The first-order valence-electron chi connectivity index (χ1n) is 2.32. The molecule has 0 heterocycles. The van der Waals surface area contributed by atoms with Gasteiger partial charge in [0.2, 0.25) is 0 Å². The van der Waals surface area contributed by atoms with Gasteiger partial charge in [0.1, 0.15) is 0 Å². The second-order valence-corrected chi connectivity index (χ2v) is 3.95. The van der Waals surface area contributed by atoms with Crippen LogP contribution >= 0.6 is 15.6 Å². The summed E-state index contributed by atoms with van der Waals surface area (Å²) in [5.41, 5.74) is 0. The first kappa shape index (κ1) is 13.1. The minimum absolute atomic E-state index is 2.62. The Balaban J connectivity index is 4.43. The number of rotatable bonds is 4. The average Bonchev–Trinajstić information content (AvgIpc) is 1.43. The molecule has 0 radical (unpaired) electrons. The van der Waals surface area contributed by atoms with E-state index in [0.29, 0.717) is 0 Å². The highest BCUT2D eigenvalue weighted by atomic mass is 31.2. The molecule has 8 nitrogen and oxygen atoms in total. The maximum Gasteiger partial charge on any atom is 0.503 e. The van der Waals surface area contributed by atoms with Crippen LogP contribution in [-0.2, 0) is 18.2 Å². The molecule has 0 aliphatic carbocycles.